The van der Waals surface area contributed by atoms with E-state index in [9.17, 15) is 26.4 Å². The van der Waals surface area contributed by atoms with Crippen LogP contribution in [0.25, 0.3) is 0 Å². The van der Waals surface area contributed by atoms with Crippen molar-refractivity contribution in [2.75, 3.05) is 17.3 Å². The van der Waals surface area contributed by atoms with E-state index in [-0.39, 0.29) is 15.8 Å². The molecule has 25 heavy (non-hydrogen) atoms. The van der Waals surface area contributed by atoms with Crippen LogP contribution in [0.4, 0.5) is 18.9 Å². The Morgan fingerprint density at radius 2 is 1.84 bits per heavy atom. The zero-order valence-electron chi connectivity index (χ0n) is 12.7. The van der Waals surface area contributed by atoms with E-state index in [1.54, 1.807) is 0 Å². The average molecular weight is 391 g/mol. The van der Waals surface area contributed by atoms with Gasteiger partial charge in [-0.3, -0.25) is 4.79 Å². The Morgan fingerprint density at radius 1 is 1.20 bits per heavy atom. The fraction of sp³-hybridized carbons (Fsp3) is 0.214. The minimum atomic E-state index is -4.58. The van der Waals surface area contributed by atoms with Crippen molar-refractivity contribution >= 4 is 33.2 Å². The number of benzene rings is 1. The topological polar surface area (TPSA) is 89.0 Å². The van der Waals surface area contributed by atoms with Gasteiger partial charge < -0.3 is 5.32 Å². The smallest absolute Gasteiger partial charge is 0.325 e. The quantitative estimate of drug-likeness (QED) is 0.623. The average Bonchev–Trinajstić information content (AvgIpc) is 2.52. The normalized spacial score (nSPS) is 12.0. The van der Waals surface area contributed by atoms with Crippen molar-refractivity contribution in [3.63, 3.8) is 0 Å². The highest BCUT2D eigenvalue weighted by atomic mass is 32.2. The number of alkyl halides is 3. The second kappa shape index (κ2) is 7.40. The Balaban J connectivity index is 1.95. The molecule has 2 rings (SSSR count). The minimum absolute atomic E-state index is 0.109. The second-order valence-corrected chi connectivity index (χ2v) is 7.81. The third-order valence-corrected chi connectivity index (χ3v) is 4.81. The van der Waals surface area contributed by atoms with Gasteiger partial charge >= 0.3 is 6.18 Å². The predicted molar refractivity (Wildman–Crippen MR) is 85.9 cm³/mol. The number of hydrogen-bond acceptors (Lipinski definition) is 6. The standard InChI is InChI=1S/C14H12F3N3O3S2/c1-25(22,23)10-4-2-9(3-5-10)19-12(21)8-24-13-18-7-6-11(20-13)14(15,16)17/h2-7H,8H2,1H3,(H,19,21). The molecule has 0 atom stereocenters. The van der Waals surface area contributed by atoms with Crippen LogP contribution in [-0.4, -0.2) is 36.3 Å². The van der Waals surface area contributed by atoms with Gasteiger partial charge in [-0.2, -0.15) is 13.2 Å². The number of anilines is 1. The highest BCUT2D eigenvalue weighted by Crippen LogP contribution is 2.28. The molecule has 0 aliphatic carbocycles. The zero-order chi connectivity index (χ0) is 18.7. The first kappa shape index (κ1) is 19.2. The number of amides is 1. The van der Waals surface area contributed by atoms with Crippen LogP contribution in [0.5, 0.6) is 0 Å². The molecule has 0 fully saturated rings. The molecule has 0 saturated heterocycles. The summed E-state index contributed by atoms with van der Waals surface area (Å²) in [5, 5.41) is 2.33. The van der Waals surface area contributed by atoms with Gasteiger partial charge in [-0.05, 0) is 30.3 Å². The molecule has 0 bridgehead atoms. The number of rotatable bonds is 5. The van der Waals surface area contributed by atoms with E-state index in [1.807, 2.05) is 0 Å². The van der Waals surface area contributed by atoms with E-state index in [4.69, 9.17) is 0 Å². The van der Waals surface area contributed by atoms with Gasteiger partial charge in [-0.15, -0.1) is 0 Å². The highest BCUT2D eigenvalue weighted by molar-refractivity contribution is 7.99. The van der Waals surface area contributed by atoms with E-state index >= 15 is 0 Å². The maximum absolute atomic E-state index is 12.5. The molecule has 1 amide bonds. The van der Waals surface area contributed by atoms with E-state index in [1.165, 1.54) is 24.3 Å². The van der Waals surface area contributed by atoms with Crippen molar-refractivity contribution in [3.8, 4) is 0 Å². The molecule has 0 aliphatic rings. The molecular formula is C14H12F3N3O3S2. The highest BCUT2D eigenvalue weighted by Gasteiger charge is 2.32. The van der Waals surface area contributed by atoms with Crippen LogP contribution in [-0.2, 0) is 20.8 Å². The minimum Gasteiger partial charge on any atom is -0.325 e. The number of sulfone groups is 1. The number of nitrogens with zero attached hydrogens (tertiary/aromatic N) is 2. The third-order valence-electron chi connectivity index (χ3n) is 2.82. The largest absolute Gasteiger partial charge is 0.433 e. The molecular weight excluding hydrogens is 379 g/mol. The number of aromatic nitrogens is 2. The lowest BCUT2D eigenvalue weighted by Gasteiger charge is -2.07. The van der Waals surface area contributed by atoms with Gasteiger partial charge in [0.05, 0.1) is 10.6 Å². The van der Waals surface area contributed by atoms with Crippen molar-refractivity contribution in [3.05, 3.63) is 42.2 Å². The molecule has 1 N–H and O–H groups in total. The molecule has 0 spiro atoms. The Bertz CT molecular complexity index is 869. The fourth-order valence-electron chi connectivity index (χ4n) is 1.68. The molecule has 0 saturated carbocycles. The lowest BCUT2D eigenvalue weighted by atomic mass is 10.3. The molecule has 11 heteroatoms. The monoisotopic (exact) mass is 391 g/mol. The van der Waals surface area contributed by atoms with Gasteiger partial charge in [-0.1, -0.05) is 11.8 Å². The number of thioether (sulfide) groups is 1. The number of nitrogens with one attached hydrogen (secondary N) is 1. The Kier molecular flexibility index (Phi) is 5.68. The first-order valence-corrected chi connectivity index (χ1v) is 9.56. The summed E-state index contributed by atoms with van der Waals surface area (Å²) < 4.78 is 60.3. The fourth-order valence-corrected chi connectivity index (χ4v) is 2.94. The van der Waals surface area contributed by atoms with Gasteiger partial charge in [0.1, 0.15) is 5.69 Å². The maximum Gasteiger partial charge on any atom is 0.433 e. The molecule has 1 heterocycles. The van der Waals surface area contributed by atoms with Crippen molar-refractivity contribution < 1.29 is 26.4 Å². The van der Waals surface area contributed by atoms with Crippen LogP contribution >= 0.6 is 11.8 Å². The van der Waals surface area contributed by atoms with Crippen LogP contribution in [0.1, 0.15) is 5.69 Å². The van der Waals surface area contributed by atoms with Crippen molar-refractivity contribution in [2.24, 2.45) is 0 Å². The molecule has 0 radical (unpaired) electrons. The lowest BCUT2D eigenvalue weighted by Crippen LogP contribution is -2.15. The van der Waals surface area contributed by atoms with Gasteiger partial charge in [0, 0.05) is 18.1 Å². The molecule has 134 valence electrons. The Labute approximate surface area is 145 Å². The van der Waals surface area contributed by atoms with Crippen molar-refractivity contribution in [2.45, 2.75) is 16.2 Å². The van der Waals surface area contributed by atoms with Crippen LogP contribution in [0.2, 0.25) is 0 Å². The second-order valence-electron chi connectivity index (χ2n) is 4.86. The molecule has 6 nitrogen and oxygen atoms in total. The summed E-state index contributed by atoms with van der Waals surface area (Å²) in [6.07, 6.45) is -2.55. The summed E-state index contributed by atoms with van der Waals surface area (Å²) >= 11 is 0.755. The SMILES string of the molecule is CS(=O)(=O)c1ccc(NC(=O)CSc2nccc(C(F)(F)F)n2)cc1. The number of carbonyl (C=O) groups is 1. The third kappa shape index (κ3) is 5.71. The summed E-state index contributed by atoms with van der Waals surface area (Å²) in [7, 11) is -3.34. The summed E-state index contributed by atoms with van der Waals surface area (Å²) in [5.74, 6) is -0.687. The first-order chi connectivity index (χ1) is 11.6. The number of hydrogen-bond donors (Lipinski definition) is 1. The molecule has 0 aliphatic heterocycles. The van der Waals surface area contributed by atoms with Crippen LogP contribution in [0.3, 0.4) is 0 Å². The molecule has 1 aromatic carbocycles. The van der Waals surface area contributed by atoms with E-state index in [0.717, 1.165) is 30.3 Å². The first-order valence-electron chi connectivity index (χ1n) is 6.69. The van der Waals surface area contributed by atoms with Crippen molar-refractivity contribution in [1.82, 2.24) is 9.97 Å². The Morgan fingerprint density at radius 3 is 2.40 bits per heavy atom. The van der Waals surface area contributed by atoms with Crippen LogP contribution in [0, 0.1) is 0 Å². The summed E-state index contributed by atoms with van der Waals surface area (Å²) in [6.45, 7) is 0. The number of halogens is 3. The van der Waals surface area contributed by atoms with Crippen LogP contribution < -0.4 is 5.32 Å². The van der Waals surface area contributed by atoms with E-state index in [0.29, 0.717) is 5.69 Å². The maximum atomic E-state index is 12.5. The zero-order valence-corrected chi connectivity index (χ0v) is 14.4. The van der Waals surface area contributed by atoms with E-state index in [2.05, 4.69) is 15.3 Å². The molecule has 0 unspecified atom stereocenters. The van der Waals surface area contributed by atoms with Crippen molar-refractivity contribution in [1.29, 1.82) is 0 Å². The van der Waals surface area contributed by atoms with E-state index < -0.39 is 27.6 Å². The van der Waals surface area contributed by atoms with Gasteiger partial charge in [0.25, 0.3) is 0 Å². The van der Waals surface area contributed by atoms with Gasteiger partial charge in [0.2, 0.25) is 5.91 Å². The Hall–Kier alpha value is -2.14. The molecule has 1 aromatic heterocycles. The number of carbonyl (C=O) groups excluding carboxylic acids is 1. The van der Waals surface area contributed by atoms with Crippen LogP contribution in [0.15, 0.2) is 46.6 Å². The summed E-state index contributed by atoms with van der Waals surface area (Å²) in [4.78, 5) is 18.9. The summed E-state index contributed by atoms with van der Waals surface area (Å²) in [6, 6.07) is 6.26. The van der Waals surface area contributed by atoms with Gasteiger partial charge in [-0.25, -0.2) is 18.4 Å². The predicted octanol–water partition coefficient (Wildman–Crippen LogP) is 2.63. The molecule has 2 aromatic rings. The summed E-state index contributed by atoms with van der Waals surface area (Å²) in [5.41, 5.74) is -0.718. The lowest BCUT2D eigenvalue weighted by molar-refractivity contribution is -0.141. The van der Waals surface area contributed by atoms with Gasteiger partial charge in [0.15, 0.2) is 15.0 Å².